The van der Waals surface area contributed by atoms with E-state index in [9.17, 15) is 14.9 Å². The average molecular weight is 342 g/mol. The van der Waals surface area contributed by atoms with Gasteiger partial charge in [-0.2, -0.15) is 0 Å². The summed E-state index contributed by atoms with van der Waals surface area (Å²) < 4.78 is 5.28. The molecule has 2 rings (SSSR count). The topological polar surface area (TPSA) is 75.9 Å². The quantitative estimate of drug-likeness (QED) is 0.607. The standard InChI is InChI=1S/C15H20ClN3O4/c1-4-17-7-5-6-15(17)18(10(2)20)13-8-11(16)12(19(21)22)9-14(13)23-3/h8-9,15H,4-7H2,1-3H3. The van der Waals surface area contributed by atoms with Crippen LogP contribution in [0.2, 0.25) is 5.02 Å². The van der Waals surface area contributed by atoms with Gasteiger partial charge in [-0.1, -0.05) is 18.5 Å². The van der Waals surface area contributed by atoms with Crippen LogP contribution in [0, 0.1) is 10.1 Å². The smallest absolute Gasteiger partial charge is 0.291 e. The van der Waals surface area contributed by atoms with Gasteiger partial charge in [0.1, 0.15) is 10.8 Å². The fourth-order valence-electron chi connectivity index (χ4n) is 3.03. The third kappa shape index (κ3) is 3.40. The minimum Gasteiger partial charge on any atom is -0.494 e. The van der Waals surface area contributed by atoms with Gasteiger partial charge in [-0.25, -0.2) is 0 Å². The highest BCUT2D eigenvalue weighted by Crippen LogP contribution is 2.40. The van der Waals surface area contributed by atoms with E-state index in [1.165, 1.54) is 26.2 Å². The summed E-state index contributed by atoms with van der Waals surface area (Å²) in [6.07, 6.45) is 1.74. The Morgan fingerprint density at radius 3 is 2.78 bits per heavy atom. The monoisotopic (exact) mass is 341 g/mol. The number of carbonyl (C=O) groups is 1. The predicted molar refractivity (Wildman–Crippen MR) is 88.1 cm³/mol. The molecule has 1 unspecified atom stereocenters. The number of nitrogens with zero attached hydrogens (tertiary/aromatic N) is 3. The number of hydrogen-bond acceptors (Lipinski definition) is 5. The molecule has 0 saturated carbocycles. The molecule has 0 bridgehead atoms. The van der Waals surface area contributed by atoms with Gasteiger partial charge in [0.05, 0.1) is 30.0 Å². The van der Waals surface area contributed by atoms with E-state index in [-0.39, 0.29) is 28.5 Å². The SMILES string of the molecule is CCN1CCCC1N(C(C)=O)c1cc(Cl)c([N+](=O)[O-])cc1OC. The number of methoxy groups -OCH3 is 1. The number of nitro groups is 1. The third-order valence-corrected chi connectivity index (χ3v) is 4.38. The second-order valence-electron chi connectivity index (χ2n) is 5.37. The summed E-state index contributed by atoms with van der Waals surface area (Å²) in [6.45, 7) is 5.24. The second kappa shape index (κ2) is 7.14. The highest BCUT2D eigenvalue weighted by atomic mass is 35.5. The van der Waals surface area contributed by atoms with Gasteiger partial charge in [-0.05, 0) is 25.5 Å². The molecular formula is C15H20ClN3O4. The van der Waals surface area contributed by atoms with E-state index in [1.54, 1.807) is 4.90 Å². The van der Waals surface area contributed by atoms with Crippen molar-refractivity contribution >= 4 is 28.9 Å². The molecule has 1 aliphatic heterocycles. The normalized spacial score (nSPS) is 18.0. The summed E-state index contributed by atoms with van der Waals surface area (Å²) in [5.41, 5.74) is 0.218. The van der Waals surface area contributed by atoms with E-state index in [2.05, 4.69) is 4.90 Å². The Morgan fingerprint density at radius 2 is 2.26 bits per heavy atom. The molecule has 1 heterocycles. The van der Waals surface area contributed by atoms with Crippen LogP contribution in [0.5, 0.6) is 5.75 Å². The number of carbonyl (C=O) groups excluding carboxylic acids is 1. The van der Waals surface area contributed by atoms with E-state index < -0.39 is 4.92 Å². The number of benzene rings is 1. The summed E-state index contributed by atoms with van der Waals surface area (Å²) >= 11 is 6.03. The average Bonchev–Trinajstić information content (AvgIpc) is 2.95. The second-order valence-corrected chi connectivity index (χ2v) is 5.78. The Labute approximate surface area is 139 Å². The fourth-order valence-corrected chi connectivity index (χ4v) is 3.26. The van der Waals surface area contributed by atoms with Crippen molar-refractivity contribution in [3.05, 3.63) is 27.3 Å². The zero-order chi connectivity index (χ0) is 17.1. The minimum atomic E-state index is -0.569. The molecule has 0 aromatic heterocycles. The fraction of sp³-hybridized carbons (Fsp3) is 0.533. The molecular weight excluding hydrogens is 322 g/mol. The molecule has 23 heavy (non-hydrogen) atoms. The Bertz CT molecular complexity index is 623. The van der Waals surface area contributed by atoms with Crippen molar-refractivity contribution in [2.75, 3.05) is 25.1 Å². The first-order valence-corrected chi connectivity index (χ1v) is 7.84. The summed E-state index contributed by atoms with van der Waals surface area (Å²) in [7, 11) is 1.42. The molecule has 1 fully saturated rings. The zero-order valence-corrected chi connectivity index (χ0v) is 14.2. The van der Waals surface area contributed by atoms with Crippen molar-refractivity contribution in [3.8, 4) is 5.75 Å². The van der Waals surface area contributed by atoms with Gasteiger partial charge in [0.2, 0.25) is 5.91 Å². The van der Waals surface area contributed by atoms with Crippen LogP contribution in [0.4, 0.5) is 11.4 Å². The number of halogens is 1. The van der Waals surface area contributed by atoms with Crippen LogP contribution >= 0.6 is 11.6 Å². The van der Waals surface area contributed by atoms with E-state index in [4.69, 9.17) is 16.3 Å². The highest BCUT2D eigenvalue weighted by Gasteiger charge is 2.34. The van der Waals surface area contributed by atoms with Gasteiger partial charge in [0.25, 0.3) is 5.69 Å². The maximum atomic E-state index is 12.3. The Kier molecular flexibility index (Phi) is 5.43. The Morgan fingerprint density at radius 1 is 1.57 bits per heavy atom. The van der Waals surface area contributed by atoms with Crippen molar-refractivity contribution in [1.82, 2.24) is 4.90 Å². The lowest BCUT2D eigenvalue weighted by Crippen LogP contribution is -2.47. The first-order chi connectivity index (χ1) is 10.9. The van der Waals surface area contributed by atoms with Gasteiger partial charge < -0.3 is 4.74 Å². The largest absolute Gasteiger partial charge is 0.494 e. The molecule has 126 valence electrons. The predicted octanol–water partition coefficient (Wildman–Crippen LogP) is 3.05. The number of rotatable bonds is 5. The summed E-state index contributed by atoms with van der Waals surface area (Å²) in [5, 5.41) is 11.0. The molecule has 7 nitrogen and oxygen atoms in total. The van der Waals surface area contributed by atoms with Crippen LogP contribution in [0.25, 0.3) is 0 Å². The molecule has 1 aromatic rings. The number of nitro benzene ring substituents is 1. The van der Waals surface area contributed by atoms with E-state index in [0.717, 1.165) is 25.9 Å². The van der Waals surface area contributed by atoms with Crippen LogP contribution in [-0.2, 0) is 4.79 Å². The molecule has 1 atom stereocenters. The zero-order valence-electron chi connectivity index (χ0n) is 13.4. The molecule has 8 heteroatoms. The third-order valence-electron chi connectivity index (χ3n) is 4.08. The van der Waals surface area contributed by atoms with Gasteiger partial charge >= 0.3 is 0 Å². The summed E-state index contributed by atoms with van der Waals surface area (Å²) in [4.78, 5) is 26.5. The number of ether oxygens (including phenoxy) is 1. The molecule has 0 aliphatic carbocycles. The summed E-state index contributed by atoms with van der Waals surface area (Å²) in [6, 6.07) is 2.70. The molecule has 1 aliphatic rings. The van der Waals surface area contributed by atoms with Gasteiger partial charge in [-0.15, -0.1) is 0 Å². The molecule has 1 amide bonds. The van der Waals surface area contributed by atoms with Crippen molar-refractivity contribution in [3.63, 3.8) is 0 Å². The minimum absolute atomic E-state index is 0.0157. The van der Waals surface area contributed by atoms with Gasteiger partial charge in [-0.3, -0.25) is 24.7 Å². The number of anilines is 1. The van der Waals surface area contributed by atoms with E-state index in [1.807, 2.05) is 6.92 Å². The molecule has 0 spiro atoms. The first-order valence-electron chi connectivity index (χ1n) is 7.46. The highest BCUT2D eigenvalue weighted by molar-refractivity contribution is 6.33. The maximum absolute atomic E-state index is 12.3. The van der Waals surface area contributed by atoms with Gasteiger partial charge in [0, 0.05) is 13.5 Å². The number of hydrogen-bond donors (Lipinski definition) is 0. The van der Waals surface area contributed by atoms with E-state index in [0.29, 0.717) is 5.69 Å². The van der Waals surface area contributed by atoms with Crippen LogP contribution in [0.1, 0.15) is 26.7 Å². The molecule has 0 N–H and O–H groups in total. The Hall–Kier alpha value is -1.86. The van der Waals surface area contributed by atoms with Crippen LogP contribution < -0.4 is 9.64 Å². The maximum Gasteiger partial charge on any atom is 0.291 e. The van der Waals surface area contributed by atoms with Gasteiger partial charge in [0.15, 0.2) is 0 Å². The molecule has 1 saturated heterocycles. The van der Waals surface area contributed by atoms with Crippen LogP contribution in [0.15, 0.2) is 12.1 Å². The summed E-state index contributed by atoms with van der Waals surface area (Å²) in [5.74, 6) is 0.109. The van der Waals surface area contributed by atoms with Crippen molar-refractivity contribution < 1.29 is 14.5 Å². The number of likely N-dealkylation sites (tertiary alicyclic amines) is 1. The lowest BCUT2D eigenvalue weighted by molar-refractivity contribution is -0.384. The van der Waals surface area contributed by atoms with E-state index >= 15 is 0 Å². The van der Waals surface area contributed by atoms with Crippen molar-refractivity contribution in [2.24, 2.45) is 0 Å². The molecule has 0 radical (unpaired) electrons. The van der Waals surface area contributed by atoms with Crippen LogP contribution in [0.3, 0.4) is 0 Å². The lowest BCUT2D eigenvalue weighted by Gasteiger charge is -2.34. The van der Waals surface area contributed by atoms with Crippen LogP contribution in [-0.4, -0.2) is 42.1 Å². The van der Waals surface area contributed by atoms with Crippen molar-refractivity contribution in [1.29, 1.82) is 0 Å². The first kappa shape index (κ1) is 17.5. The van der Waals surface area contributed by atoms with Crippen molar-refractivity contribution in [2.45, 2.75) is 32.9 Å². The lowest BCUT2D eigenvalue weighted by atomic mass is 10.2. The Balaban J connectivity index is 2.53. The number of amides is 1. The molecule has 1 aromatic carbocycles.